The Hall–Kier alpha value is -1.12. The zero-order valence-electron chi connectivity index (χ0n) is 8.16. The molecular weight excluding hydrogens is 228 g/mol. The van der Waals surface area contributed by atoms with Crippen molar-refractivity contribution in [2.24, 2.45) is 0 Å². The number of hydrogen-bond acceptors (Lipinski definition) is 2. The van der Waals surface area contributed by atoms with Gasteiger partial charge in [0.05, 0.1) is 5.02 Å². The molecule has 0 fully saturated rings. The maximum atomic E-state index is 11.2. The minimum atomic E-state index is -0.00290. The van der Waals surface area contributed by atoms with E-state index in [2.05, 4.69) is 5.38 Å². The summed E-state index contributed by atoms with van der Waals surface area (Å²) in [5, 5.41) is 4.59. The molecule has 15 heavy (non-hydrogen) atoms. The van der Waals surface area contributed by atoms with Crippen LogP contribution in [0, 0.1) is 0 Å². The second-order valence-electron chi connectivity index (χ2n) is 3.26. The van der Waals surface area contributed by atoms with Crippen molar-refractivity contribution >= 4 is 28.7 Å². The Kier molecular flexibility index (Phi) is 2.89. The molecular formula is C12H9ClOS. The first-order valence-corrected chi connectivity index (χ1v) is 5.83. The number of ketones is 1. The lowest BCUT2D eigenvalue weighted by Crippen LogP contribution is -1.92. The van der Waals surface area contributed by atoms with Gasteiger partial charge in [-0.25, -0.2) is 0 Å². The number of rotatable bonds is 2. The third-order valence-corrected chi connectivity index (χ3v) is 3.20. The summed E-state index contributed by atoms with van der Waals surface area (Å²) >= 11 is 7.66. The second kappa shape index (κ2) is 4.17. The van der Waals surface area contributed by atoms with E-state index in [1.165, 1.54) is 6.92 Å². The molecule has 2 rings (SSSR count). The lowest BCUT2D eigenvalue weighted by atomic mass is 10.1. The molecule has 1 aromatic heterocycles. The van der Waals surface area contributed by atoms with Crippen LogP contribution in [0.15, 0.2) is 35.0 Å². The van der Waals surface area contributed by atoms with E-state index < -0.39 is 0 Å². The number of benzene rings is 1. The Bertz CT molecular complexity index is 488. The van der Waals surface area contributed by atoms with Gasteiger partial charge in [-0.15, -0.1) is 0 Å². The highest BCUT2D eigenvalue weighted by Gasteiger charge is 2.07. The van der Waals surface area contributed by atoms with Crippen molar-refractivity contribution in [3.05, 3.63) is 45.6 Å². The molecule has 0 unspecified atom stereocenters. The van der Waals surface area contributed by atoms with E-state index in [-0.39, 0.29) is 5.78 Å². The highest BCUT2D eigenvalue weighted by molar-refractivity contribution is 7.08. The number of Topliss-reactive ketones (excluding diaryl/α,β-unsaturated/α-hetero) is 1. The van der Waals surface area contributed by atoms with Crippen molar-refractivity contribution in [1.29, 1.82) is 0 Å². The molecule has 0 spiro atoms. The van der Waals surface area contributed by atoms with Crippen LogP contribution in [0.3, 0.4) is 0 Å². The van der Waals surface area contributed by atoms with Gasteiger partial charge in [0, 0.05) is 5.56 Å². The standard InChI is InChI=1S/C12H9ClOS/c1-8(14)11-3-2-9(6-12(11)13)10-4-5-15-7-10/h2-7H,1H3. The lowest BCUT2D eigenvalue weighted by molar-refractivity contribution is 0.101. The predicted octanol–water partition coefficient (Wildman–Crippen LogP) is 4.27. The van der Waals surface area contributed by atoms with Crippen molar-refractivity contribution < 1.29 is 4.79 Å². The molecule has 0 saturated carbocycles. The number of carbonyl (C=O) groups excluding carboxylic acids is 1. The van der Waals surface area contributed by atoms with E-state index in [0.29, 0.717) is 10.6 Å². The molecule has 0 amide bonds. The summed E-state index contributed by atoms with van der Waals surface area (Å²) in [6.45, 7) is 1.52. The molecule has 3 heteroatoms. The fourth-order valence-electron chi connectivity index (χ4n) is 1.41. The zero-order chi connectivity index (χ0) is 10.8. The quantitative estimate of drug-likeness (QED) is 0.712. The molecule has 0 aliphatic rings. The monoisotopic (exact) mass is 236 g/mol. The van der Waals surface area contributed by atoms with Crippen LogP contribution in [0.5, 0.6) is 0 Å². The van der Waals surface area contributed by atoms with Gasteiger partial charge in [0.15, 0.2) is 5.78 Å². The average Bonchev–Trinajstić information content (AvgIpc) is 2.69. The molecule has 0 aliphatic carbocycles. The molecule has 76 valence electrons. The van der Waals surface area contributed by atoms with E-state index in [1.54, 1.807) is 17.4 Å². The number of hydrogen-bond donors (Lipinski definition) is 0. The van der Waals surface area contributed by atoms with Gasteiger partial charge in [-0.2, -0.15) is 11.3 Å². The van der Waals surface area contributed by atoms with Crippen LogP contribution in [0.1, 0.15) is 17.3 Å². The zero-order valence-corrected chi connectivity index (χ0v) is 9.73. The molecule has 0 N–H and O–H groups in total. The summed E-state index contributed by atoms with van der Waals surface area (Å²) in [7, 11) is 0. The third kappa shape index (κ3) is 2.11. The highest BCUT2D eigenvalue weighted by Crippen LogP contribution is 2.27. The fraction of sp³-hybridized carbons (Fsp3) is 0.0833. The number of halogens is 1. The molecule has 0 radical (unpaired) electrons. The largest absolute Gasteiger partial charge is 0.294 e. The Morgan fingerprint density at radius 3 is 2.60 bits per heavy atom. The normalized spacial score (nSPS) is 10.3. The Morgan fingerprint density at radius 1 is 1.27 bits per heavy atom. The fourth-order valence-corrected chi connectivity index (χ4v) is 2.39. The van der Waals surface area contributed by atoms with Crippen molar-refractivity contribution in [2.75, 3.05) is 0 Å². The maximum absolute atomic E-state index is 11.2. The summed E-state index contributed by atoms with van der Waals surface area (Å²) in [6, 6.07) is 7.56. The van der Waals surface area contributed by atoms with E-state index in [1.807, 2.05) is 23.6 Å². The summed E-state index contributed by atoms with van der Waals surface area (Å²) < 4.78 is 0. The van der Waals surface area contributed by atoms with Crippen LogP contribution in [-0.4, -0.2) is 5.78 Å². The molecule has 0 aliphatic heterocycles. The van der Waals surface area contributed by atoms with Crippen LogP contribution in [0.25, 0.3) is 11.1 Å². The van der Waals surface area contributed by atoms with Gasteiger partial charge in [0.25, 0.3) is 0 Å². The lowest BCUT2D eigenvalue weighted by Gasteiger charge is -2.02. The minimum Gasteiger partial charge on any atom is -0.294 e. The second-order valence-corrected chi connectivity index (χ2v) is 4.45. The van der Waals surface area contributed by atoms with Crippen LogP contribution in [0.2, 0.25) is 5.02 Å². The van der Waals surface area contributed by atoms with Crippen LogP contribution in [0.4, 0.5) is 0 Å². The first kappa shape index (κ1) is 10.4. The molecule has 2 aromatic rings. The smallest absolute Gasteiger partial charge is 0.161 e. The molecule has 1 aromatic carbocycles. The van der Waals surface area contributed by atoms with Crippen molar-refractivity contribution in [2.45, 2.75) is 6.92 Å². The SMILES string of the molecule is CC(=O)c1ccc(-c2ccsc2)cc1Cl. The van der Waals surface area contributed by atoms with Crippen LogP contribution < -0.4 is 0 Å². The van der Waals surface area contributed by atoms with Gasteiger partial charge in [-0.05, 0) is 47.0 Å². The summed E-state index contributed by atoms with van der Waals surface area (Å²) in [4.78, 5) is 11.2. The van der Waals surface area contributed by atoms with Gasteiger partial charge in [-0.3, -0.25) is 4.79 Å². The molecule has 0 bridgehead atoms. The van der Waals surface area contributed by atoms with Crippen molar-refractivity contribution in [1.82, 2.24) is 0 Å². The Balaban J connectivity index is 2.47. The topological polar surface area (TPSA) is 17.1 Å². The Morgan fingerprint density at radius 2 is 2.07 bits per heavy atom. The molecule has 0 saturated heterocycles. The van der Waals surface area contributed by atoms with Gasteiger partial charge in [-0.1, -0.05) is 17.7 Å². The first-order valence-electron chi connectivity index (χ1n) is 4.51. The summed E-state index contributed by atoms with van der Waals surface area (Å²) in [6.07, 6.45) is 0. The molecule has 1 nitrogen and oxygen atoms in total. The first-order chi connectivity index (χ1) is 7.18. The maximum Gasteiger partial charge on any atom is 0.161 e. The van der Waals surface area contributed by atoms with Gasteiger partial charge >= 0.3 is 0 Å². The number of thiophene rings is 1. The highest BCUT2D eigenvalue weighted by atomic mass is 35.5. The van der Waals surface area contributed by atoms with Crippen molar-refractivity contribution in [3.63, 3.8) is 0 Å². The summed E-state index contributed by atoms with van der Waals surface area (Å²) in [5.74, 6) is -0.00290. The van der Waals surface area contributed by atoms with Crippen LogP contribution in [-0.2, 0) is 0 Å². The molecule has 0 atom stereocenters. The number of carbonyl (C=O) groups is 1. The summed E-state index contributed by atoms with van der Waals surface area (Å²) in [5.41, 5.74) is 2.76. The van der Waals surface area contributed by atoms with E-state index in [0.717, 1.165) is 11.1 Å². The third-order valence-electron chi connectivity index (χ3n) is 2.20. The van der Waals surface area contributed by atoms with Gasteiger partial charge in [0.2, 0.25) is 0 Å². The van der Waals surface area contributed by atoms with E-state index >= 15 is 0 Å². The van der Waals surface area contributed by atoms with Crippen LogP contribution >= 0.6 is 22.9 Å². The van der Waals surface area contributed by atoms with Gasteiger partial charge < -0.3 is 0 Å². The van der Waals surface area contributed by atoms with Gasteiger partial charge in [0.1, 0.15) is 0 Å². The predicted molar refractivity (Wildman–Crippen MR) is 64.8 cm³/mol. The van der Waals surface area contributed by atoms with Crippen molar-refractivity contribution in [3.8, 4) is 11.1 Å². The Labute approximate surface area is 97.3 Å². The average molecular weight is 237 g/mol. The molecule has 1 heterocycles. The minimum absolute atomic E-state index is 0.00290. The van der Waals surface area contributed by atoms with E-state index in [4.69, 9.17) is 11.6 Å². The van der Waals surface area contributed by atoms with E-state index in [9.17, 15) is 4.79 Å².